The van der Waals surface area contributed by atoms with Crippen LogP contribution in [0.2, 0.25) is 0 Å². The Hall–Kier alpha value is -2.68. The van der Waals surface area contributed by atoms with Gasteiger partial charge in [0, 0.05) is 0 Å². The number of rotatable bonds is 4. The van der Waals surface area contributed by atoms with E-state index in [0.717, 1.165) is 11.0 Å². The van der Waals surface area contributed by atoms with Gasteiger partial charge in [-0.15, -0.1) is 0 Å². The summed E-state index contributed by atoms with van der Waals surface area (Å²) in [5.74, 6) is -0.772. The van der Waals surface area contributed by atoms with Crippen molar-refractivity contribution in [2.45, 2.75) is 38.9 Å². The van der Waals surface area contributed by atoms with Crippen molar-refractivity contribution in [3.05, 3.63) is 65.0 Å². The number of hydrogen-bond donors (Lipinski definition) is 2. The number of hydrogen-bond acceptors (Lipinski definition) is 6. The third-order valence-electron chi connectivity index (χ3n) is 6.81. The molecule has 31 heavy (non-hydrogen) atoms. The Labute approximate surface area is 180 Å². The maximum Gasteiger partial charge on any atom is 0.487 e. The SMILES string of the molecule is CCC1=C2B(O)O[C@H](c3ccc(CO)o3)C[C@H]2[C@H]2C(=O)N(c3ccccc3)C(=O)[C@H]2C1. The van der Waals surface area contributed by atoms with E-state index in [1.807, 2.05) is 25.1 Å². The van der Waals surface area contributed by atoms with E-state index in [1.165, 1.54) is 4.90 Å². The van der Waals surface area contributed by atoms with Gasteiger partial charge < -0.3 is 19.2 Å². The van der Waals surface area contributed by atoms with Crippen molar-refractivity contribution in [3.8, 4) is 0 Å². The van der Waals surface area contributed by atoms with Gasteiger partial charge in [-0.3, -0.25) is 14.5 Å². The summed E-state index contributed by atoms with van der Waals surface area (Å²) in [6.07, 6.45) is 1.01. The average molecular weight is 421 g/mol. The third-order valence-corrected chi connectivity index (χ3v) is 6.81. The molecule has 2 aromatic rings. The normalized spacial score (nSPS) is 28.2. The van der Waals surface area contributed by atoms with E-state index < -0.39 is 25.1 Å². The average Bonchev–Trinajstić information content (AvgIpc) is 3.36. The van der Waals surface area contributed by atoms with E-state index in [9.17, 15) is 19.7 Å². The summed E-state index contributed by atoms with van der Waals surface area (Å²) in [5.41, 5.74) is 2.31. The summed E-state index contributed by atoms with van der Waals surface area (Å²) >= 11 is 0. The highest BCUT2D eigenvalue weighted by Gasteiger charge is 2.58. The lowest BCUT2D eigenvalue weighted by Gasteiger charge is -2.41. The fraction of sp³-hybridized carbons (Fsp3) is 0.391. The molecular formula is C23H24BNO6. The number of aliphatic hydroxyl groups is 1. The van der Waals surface area contributed by atoms with Crippen LogP contribution in [0.3, 0.4) is 0 Å². The zero-order valence-corrected chi connectivity index (χ0v) is 17.2. The Bertz CT molecular complexity index is 1050. The van der Waals surface area contributed by atoms with E-state index in [-0.39, 0.29) is 24.3 Å². The van der Waals surface area contributed by atoms with Crippen LogP contribution in [0.4, 0.5) is 5.69 Å². The summed E-state index contributed by atoms with van der Waals surface area (Å²) in [7, 11) is -1.16. The Morgan fingerprint density at radius 1 is 1.10 bits per heavy atom. The van der Waals surface area contributed by atoms with E-state index in [4.69, 9.17) is 9.07 Å². The Kier molecular flexibility index (Phi) is 5.08. The van der Waals surface area contributed by atoms with Gasteiger partial charge in [-0.25, -0.2) is 0 Å². The van der Waals surface area contributed by atoms with Crippen molar-refractivity contribution in [3.63, 3.8) is 0 Å². The molecule has 160 valence electrons. The Balaban J connectivity index is 1.53. The van der Waals surface area contributed by atoms with Crippen LogP contribution in [-0.2, 0) is 20.9 Å². The molecule has 0 radical (unpaired) electrons. The minimum Gasteiger partial charge on any atom is -0.461 e. The van der Waals surface area contributed by atoms with Crippen molar-refractivity contribution >= 4 is 24.6 Å². The number of fused-ring (bicyclic) bond motifs is 3. The molecule has 0 spiro atoms. The first-order chi connectivity index (χ1) is 15.0. The second kappa shape index (κ2) is 7.78. The van der Waals surface area contributed by atoms with Crippen LogP contribution < -0.4 is 4.90 Å². The number of carbonyl (C=O) groups is 2. The molecule has 0 saturated carbocycles. The predicted molar refractivity (Wildman–Crippen MR) is 112 cm³/mol. The number of amides is 2. The van der Waals surface area contributed by atoms with Gasteiger partial charge in [-0.05, 0) is 54.9 Å². The molecule has 7 nitrogen and oxygen atoms in total. The third kappa shape index (κ3) is 3.17. The van der Waals surface area contributed by atoms with Crippen molar-refractivity contribution in [2.24, 2.45) is 17.8 Å². The molecule has 2 saturated heterocycles. The van der Waals surface area contributed by atoms with Crippen LogP contribution in [0.1, 0.15) is 43.8 Å². The molecule has 0 unspecified atom stereocenters. The highest BCUT2D eigenvalue weighted by molar-refractivity contribution is 6.53. The number of aliphatic hydroxyl groups excluding tert-OH is 1. The summed E-state index contributed by atoms with van der Waals surface area (Å²) in [5, 5.41) is 20.2. The second-order valence-corrected chi connectivity index (χ2v) is 8.38. The molecule has 0 bridgehead atoms. The van der Waals surface area contributed by atoms with E-state index >= 15 is 0 Å². The summed E-state index contributed by atoms with van der Waals surface area (Å²) in [4.78, 5) is 28.1. The van der Waals surface area contributed by atoms with Crippen LogP contribution in [0, 0.1) is 17.8 Å². The predicted octanol–water partition coefficient (Wildman–Crippen LogP) is 2.79. The van der Waals surface area contributed by atoms with Gasteiger partial charge in [0.2, 0.25) is 11.8 Å². The molecule has 4 atom stereocenters. The lowest BCUT2D eigenvalue weighted by atomic mass is 9.55. The van der Waals surface area contributed by atoms with E-state index in [0.29, 0.717) is 36.5 Å². The molecular weight excluding hydrogens is 397 g/mol. The minimum atomic E-state index is -1.16. The number of benzene rings is 1. The molecule has 2 fully saturated rings. The fourth-order valence-electron chi connectivity index (χ4n) is 5.42. The number of anilines is 1. The van der Waals surface area contributed by atoms with Crippen molar-refractivity contribution < 1.29 is 28.8 Å². The van der Waals surface area contributed by atoms with Gasteiger partial charge in [0.25, 0.3) is 0 Å². The molecule has 5 rings (SSSR count). The van der Waals surface area contributed by atoms with Crippen LogP contribution in [0.25, 0.3) is 0 Å². The number of para-hydroxylation sites is 1. The highest BCUT2D eigenvalue weighted by atomic mass is 16.5. The first-order valence-corrected chi connectivity index (χ1v) is 10.7. The van der Waals surface area contributed by atoms with Crippen molar-refractivity contribution in [2.75, 3.05) is 4.90 Å². The van der Waals surface area contributed by atoms with E-state index in [2.05, 4.69) is 0 Å². The van der Waals surface area contributed by atoms with Crippen LogP contribution in [0.5, 0.6) is 0 Å². The van der Waals surface area contributed by atoms with E-state index in [1.54, 1.807) is 24.3 Å². The van der Waals surface area contributed by atoms with Crippen LogP contribution >= 0.6 is 0 Å². The molecule has 2 aliphatic heterocycles. The number of nitrogens with zero attached hydrogens (tertiary/aromatic N) is 1. The summed E-state index contributed by atoms with van der Waals surface area (Å²) < 4.78 is 11.5. The minimum absolute atomic E-state index is 0.177. The molecule has 1 aromatic carbocycles. The molecule has 1 aromatic heterocycles. The number of allylic oxidation sites excluding steroid dienone is 2. The van der Waals surface area contributed by atoms with Crippen LogP contribution in [-0.4, -0.2) is 29.1 Å². The fourth-order valence-corrected chi connectivity index (χ4v) is 5.42. The zero-order chi connectivity index (χ0) is 21.7. The molecule has 3 aliphatic rings. The first kappa shape index (κ1) is 20.2. The molecule has 8 heteroatoms. The van der Waals surface area contributed by atoms with Gasteiger partial charge in [0.15, 0.2) is 0 Å². The molecule has 2 amide bonds. The summed E-state index contributed by atoms with van der Waals surface area (Å²) in [6.45, 7) is 1.77. The summed E-state index contributed by atoms with van der Waals surface area (Å²) in [6, 6.07) is 12.4. The monoisotopic (exact) mass is 421 g/mol. The van der Waals surface area contributed by atoms with Gasteiger partial charge in [-0.1, -0.05) is 30.7 Å². The second-order valence-electron chi connectivity index (χ2n) is 8.38. The van der Waals surface area contributed by atoms with Gasteiger partial charge in [-0.2, -0.15) is 0 Å². The topological polar surface area (TPSA) is 100 Å². The number of furan rings is 1. The highest BCUT2D eigenvalue weighted by Crippen LogP contribution is 2.52. The molecule has 3 heterocycles. The Morgan fingerprint density at radius 3 is 2.55 bits per heavy atom. The maximum atomic E-state index is 13.5. The number of carbonyl (C=O) groups excluding carboxylic acids is 2. The lowest BCUT2D eigenvalue weighted by Crippen LogP contribution is -2.44. The quantitative estimate of drug-likeness (QED) is 0.582. The maximum absolute atomic E-state index is 13.5. The standard InChI is InChI=1S/C23H24BNO6/c1-2-13-10-17-20(23(28)25(22(17)27)14-6-4-3-5-7-14)16-11-19(31-24(29)21(13)16)18-9-8-15(12-26)30-18/h3-9,16-17,19-20,26,29H,2,10-12H2,1H3/t16-,17-,19-,20+/m0/s1. The van der Waals surface area contributed by atoms with Crippen molar-refractivity contribution in [1.82, 2.24) is 0 Å². The smallest absolute Gasteiger partial charge is 0.461 e. The van der Waals surface area contributed by atoms with Crippen molar-refractivity contribution in [1.29, 1.82) is 0 Å². The van der Waals surface area contributed by atoms with Crippen LogP contribution in [0.15, 0.2) is 57.9 Å². The molecule has 1 aliphatic carbocycles. The lowest BCUT2D eigenvalue weighted by molar-refractivity contribution is -0.123. The Morgan fingerprint density at radius 2 is 1.87 bits per heavy atom. The van der Waals surface area contributed by atoms with Gasteiger partial charge in [0.1, 0.15) is 24.2 Å². The zero-order valence-electron chi connectivity index (χ0n) is 17.2. The van der Waals surface area contributed by atoms with Gasteiger partial charge in [0.05, 0.1) is 17.5 Å². The largest absolute Gasteiger partial charge is 0.487 e. The first-order valence-electron chi connectivity index (χ1n) is 10.7. The number of imide groups is 1. The molecule has 2 N–H and O–H groups in total. The van der Waals surface area contributed by atoms with Gasteiger partial charge >= 0.3 is 7.12 Å².